The summed E-state index contributed by atoms with van der Waals surface area (Å²) in [6.45, 7) is 3.78. The van der Waals surface area contributed by atoms with Crippen LogP contribution in [0.5, 0.6) is 11.5 Å². The molecule has 1 saturated heterocycles. The van der Waals surface area contributed by atoms with Gasteiger partial charge in [-0.2, -0.15) is 0 Å². The molecule has 1 fully saturated rings. The molecule has 7 nitrogen and oxygen atoms in total. The van der Waals surface area contributed by atoms with Crippen molar-refractivity contribution < 1.29 is 34.0 Å². The molecule has 0 unspecified atom stereocenters. The molecule has 1 aliphatic heterocycles. The molecule has 1 heterocycles. The lowest BCUT2D eigenvalue weighted by Gasteiger charge is -2.49. The Balaban J connectivity index is 2.02. The monoisotopic (exact) mass is 416 g/mol. The van der Waals surface area contributed by atoms with E-state index in [2.05, 4.69) is 0 Å². The van der Waals surface area contributed by atoms with Crippen molar-refractivity contribution >= 4 is 16.6 Å². The maximum atomic E-state index is 13.0. The van der Waals surface area contributed by atoms with E-state index in [0.717, 1.165) is 5.39 Å². The van der Waals surface area contributed by atoms with Crippen molar-refractivity contribution in [2.45, 2.75) is 50.1 Å². The van der Waals surface area contributed by atoms with Crippen LogP contribution in [-0.4, -0.2) is 54.8 Å². The summed E-state index contributed by atoms with van der Waals surface area (Å²) >= 11 is 0. The predicted octanol–water partition coefficient (Wildman–Crippen LogP) is 2.46. The van der Waals surface area contributed by atoms with Crippen molar-refractivity contribution in [2.75, 3.05) is 27.4 Å². The molecule has 162 valence electrons. The zero-order chi connectivity index (χ0) is 21.7. The highest BCUT2D eigenvalue weighted by molar-refractivity contribution is 6.00. The van der Waals surface area contributed by atoms with Gasteiger partial charge in [0.1, 0.15) is 17.1 Å². The maximum Gasteiger partial charge on any atom is 0.180 e. The molecule has 30 heavy (non-hydrogen) atoms. The van der Waals surface area contributed by atoms with Crippen LogP contribution in [0, 0.1) is 0 Å². The SMILES string of the molecule is COc1c2c(c(OC)c3ccccc13)[C@@](O)(C(C)=O)[C@@](O)(CC1(C)OCCO1)CC2. The van der Waals surface area contributed by atoms with E-state index in [4.69, 9.17) is 18.9 Å². The van der Waals surface area contributed by atoms with Gasteiger partial charge in [0.25, 0.3) is 0 Å². The summed E-state index contributed by atoms with van der Waals surface area (Å²) in [6.07, 6.45) is 0.464. The Morgan fingerprint density at radius 1 is 1.07 bits per heavy atom. The third-order valence-electron chi connectivity index (χ3n) is 6.47. The Morgan fingerprint density at radius 2 is 1.63 bits per heavy atom. The number of ketones is 1. The van der Waals surface area contributed by atoms with Crippen LogP contribution in [0.1, 0.15) is 37.8 Å². The van der Waals surface area contributed by atoms with Gasteiger partial charge >= 0.3 is 0 Å². The molecule has 0 saturated carbocycles. The number of carbonyl (C=O) groups is 1. The highest BCUT2D eigenvalue weighted by Gasteiger charge is 2.61. The lowest BCUT2D eigenvalue weighted by Crippen LogP contribution is -2.61. The average molecular weight is 416 g/mol. The fourth-order valence-corrected chi connectivity index (χ4v) is 5.15. The van der Waals surface area contributed by atoms with Gasteiger partial charge in [-0.15, -0.1) is 0 Å². The molecule has 0 aromatic heterocycles. The van der Waals surface area contributed by atoms with Crippen LogP contribution in [-0.2, 0) is 26.3 Å². The van der Waals surface area contributed by atoms with Gasteiger partial charge in [-0.3, -0.25) is 4.79 Å². The topological polar surface area (TPSA) is 94.5 Å². The summed E-state index contributed by atoms with van der Waals surface area (Å²) < 4.78 is 22.8. The summed E-state index contributed by atoms with van der Waals surface area (Å²) in [5.41, 5.74) is -3.12. The number of fused-ring (bicyclic) bond motifs is 2. The fraction of sp³-hybridized carbons (Fsp3) is 0.522. The molecular weight excluding hydrogens is 388 g/mol. The zero-order valence-electron chi connectivity index (χ0n) is 17.8. The van der Waals surface area contributed by atoms with Crippen molar-refractivity contribution in [3.05, 3.63) is 35.4 Å². The van der Waals surface area contributed by atoms with Gasteiger partial charge in [-0.25, -0.2) is 0 Å². The van der Waals surface area contributed by atoms with Gasteiger partial charge in [-0.1, -0.05) is 24.3 Å². The molecule has 0 spiro atoms. The number of aliphatic hydroxyl groups is 2. The van der Waals surface area contributed by atoms with Gasteiger partial charge < -0.3 is 29.2 Å². The number of hydrogen-bond acceptors (Lipinski definition) is 7. The van der Waals surface area contributed by atoms with Crippen molar-refractivity contribution in [1.82, 2.24) is 0 Å². The van der Waals surface area contributed by atoms with E-state index < -0.39 is 22.8 Å². The second kappa shape index (κ2) is 7.20. The minimum Gasteiger partial charge on any atom is -0.496 e. The standard InChI is InChI=1S/C23H28O7/c1-14(24)23(26)18-17(9-10-22(23,25)13-21(2)29-11-12-30-21)19(27-3)15-7-5-6-8-16(15)20(18)28-4/h5-8,25-26H,9-13H2,1-4H3/t22-,23-/m0/s1. The molecule has 7 heteroatoms. The molecule has 2 N–H and O–H groups in total. The summed E-state index contributed by atoms with van der Waals surface area (Å²) in [5, 5.41) is 25.2. The molecule has 2 aromatic rings. The normalized spacial score (nSPS) is 27.7. The second-order valence-corrected chi connectivity index (χ2v) is 8.27. The molecular formula is C23H28O7. The quantitative estimate of drug-likeness (QED) is 0.773. The molecule has 2 aromatic carbocycles. The third kappa shape index (κ3) is 2.84. The summed E-state index contributed by atoms with van der Waals surface area (Å²) in [7, 11) is 3.05. The van der Waals surface area contributed by atoms with Crippen LogP contribution in [0.3, 0.4) is 0 Å². The smallest absolute Gasteiger partial charge is 0.180 e. The van der Waals surface area contributed by atoms with Crippen LogP contribution in [0.15, 0.2) is 24.3 Å². The first-order valence-electron chi connectivity index (χ1n) is 10.1. The molecule has 2 atom stereocenters. The Kier molecular flexibility index (Phi) is 5.05. The highest BCUT2D eigenvalue weighted by atomic mass is 16.7. The largest absolute Gasteiger partial charge is 0.496 e. The van der Waals surface area contributed by atoms with E-state index in [1.54, 1.807) is 14.0 Å². The molecule has 0 amide bonds. The summed E-state index contributed by atoms with van der Waals surface area (Å²) in [5.74, 6) is -0.745. The zero-order valence-corrected chi connectivity index (χ0v) is 17.8. The first-order valence-corrected chi connectivity index (χ1v) is 10.1. The third-order valence-corrected chi connectivity index (χ3v) is 6.47. The lowest BCUT2D eigenvalue weighted by molar-refractivity contribution is -0.233. The summed E-state index contributed by atoms with van der Waals surface area (Å²) in [6, 6.07) is 7.49. The molecule has 0 radical (unpaired) electrons. The van der Waals surface area contributed by atoms with E-state index in [0.29, 0.717) is 42.1 Å². The Bertz CT molecular complexity index is 995. The lowest BCUT2D eigenvalue weighted by atomic mass is 9.63. The number of hydrogen-bond donors (Lipinski definition) is 2. The minimum atomic E-state index is -2.22. The molecule has 0 bridgehead atoms. The van der Waals surface area contributed by atoms with Gasteiger partial charge in [0.05, 0.1) is 27.4 Å². The molecule has 2 aliphatic rings. The Hall–Kier alpha value is -2.19. The van der Waals surface area contributed by atoms with Gasteiger partial charge in [-0.05, 0) is 26.7 Å². The van der Waals surface area contributed by atoms with Crippen molar-refractivity contribution in [3.8, 4) is 11.5 Å². The Labute approximate surface area is 175 Å². The second-order valence-electron chi connectivity index (χ2n) is 8.27. The van der Waals surface area contributed by atoms with Crippen molar-refractivity contribution in [2.24, 2.45) is 0 Å². The van der Waals surface area contributed by atoms with Gasteiger partial charge in [0.15, 0.2) is 17.2 Å². The van der Waals surface area contributed by atoms with Crippen LogP contribution in [0.4, 0.5) is 0 Å². The Morgan fingerprint density at radius 3 is 2.17 bits per heavy atom. The van der Waals surface area contributed by atoms with Crippen molar-refractivity contribution in [3.63, 3.8) is 0 Å². The van der Waals surface area contributed by atoms with E-state index >= 15 is 0 Å². The fourth-order valence-electron chi connectivity index (χ4n) is 5.15. The summed E-state index contributed by atoms with van der Waals surface area (Å²) in [4.78, 5) is 13.0. The van der Waals surface area contributed by atoms with Gasteiger partial charge in [0, 0.05) is 28.3 Å². The first kappa shape index (κ1) is 21.1. The van der Waals surface area contributed by atoms with E-state index in [1.165, 1.54) is 14.0 Å². The minimum absolute atomic E-state index is 0.0617. The van der Waals surface area contributed by atoms with E-state index in [1.807, 2.05) is 24.3 Å². The first-order chi connectivity index (χ1) is 14.2. The predicted molar refractivity (Wildman–Crippen MR) is 110 cm³/mol. The number of carbonyl (C=O) groups excluding carboxylic acids is 1. The molecule has 4 rings (SSSR count). The number of ether oxygens (including phenoxy) is 4. The molecule has 1 aliphatic carbocycles. The van der Waals surface area contributed by atoms with Crippen LogP contribution >= 0.6 is 0 Å². The van der Waals surface area contributed by atoms with Gasteiger partial charge in [0.2, 0.25) is 0 Å². The number of methoxy groups -OCH3 is 2. The number of benzene rings is 2. The van der Waals surface area contributed by atoms with E-state index in [9.17, 15) is 15.0 Å². The van der Waals surface area contributed by atoms with Crippen LogP contribution in [0.25, 0.3) is 10.8 Å². The number of Topliss-reactive ketones (excluding diaryl/α,β-unsaturated/α-hetero) is 1. The van der Waals surface area contributed by atoms with Crippen LogP contribution in [0.2, 0.25) is 0 Å². The average Bonchev–Trinajstić information content (AvgIpc) is 3.14. The number of rotatable bonds is 5. The van der Waals surface area contributed by atoms with Crippen molar-refractivity contribution in [1.29, 1.82) is 0 Å². The highest BCUT2D eigenvalue weighted by Crippen LogP contribution is 2.55. The van der Waals surface area contributed by atoms with Crippen LogP contribution < -0.4 is 9.47 Å². The maximum absolute atomic E-state index is 13.0. The van der Waals surface area contributed by atoms with E-state index in [-0.39, 0.29) is 18.4 Å².